The molecular weight excluding hydrogens is 344 g/mol. The summed E-state index contributed by atoms with van der Waals surface area (Å²) < 4.78 is 5.20. The lowest BCUT2D eigenvalue weighted by atomic mass is 9.93. The van der Waals surface area contributed by atoms with E-state index in [1.807, 2.05) is 24.9 Å². The lowest BCUT2D eigenvalue weighted by molar-refractivity contribution is 0.0705. The Bertz CT molecular complexity index is 911. The standard InChI is InChI=1S/C19H20N6O2/c1-12-18(13(2)27-24-12)16-11-22-15(10-23-16)14-3-7-25(8-4-14)19(26)17-9-20-5-6-21-17/h5-6,9-11,14H,3-4,7-8H2,1-2H3. The van der Waals surface area contributed by atoms with E-state index in [0.717, 1.165) is 41.2 Å². The summed E-state index contributed by atoms with van der Waals surface area (Å²) in [5, 5.41) is 3.96. The first kappa shape index (κ1) is 17.3. The molecule has 1 aliphatic rings. The zero-order chi connectivity index (χ0) is 18.8. The van der Waals surface area contributed by atoms with Crippen LogP contribution in [0.2, 0.25) is 0 Å². The van der Waals surface area contributed by atoms with Crippen LogP contribution >= 0.6 is 0 Å². The molecule has 3 aromatic heterocycles. The molecule has 0 N–H and O–H groups in total. The quantitative estimate of drug-likeness (QED) is 0.704. The van der Waals surface area contributed by atoms with Crippen molar-refractivity contribution >= 4 is 5.91 Å². The first-order valence-corrected chi connectivity index (χ1v) is 8.94. The number of nitrogens with zero attached hydrogens (tertiary/aromatic N) is 6. The van der Waals surface area contributed by atoms with Gasteiger partial charge in [-0.25, -0.2) is 4.98 Å². The Morgan fingerprint density at radius 3 is 2.48 bits per heavy atom. The van der Waals surface area contributed by atoms with Gasteiger partial charge in [-0.3, -0.25) is 19.7 Å². The highest BCUT2D eigenvalue weighted by Gasteiger charge is 2.26. The summed E-state index contributed by atoms with van der Waals surface area (Å²) >= 11 is 0. The zero-order valence-corrected chi connectivity index (χ0v) is 15.3. The van der Waals surface area contributed by atoms with Crippen LogP contribution in [0.5, 0.6) is 0 Å². The van der Waals surface area contributed by atoms with Gasteiger partial charge in [-0.2, -0.15) is 0 Å². The molecule has 0 radical (unpaired) electrons. The molecule has 0 aromatic carbocycles. The number of rotatable bonds is 3. The SMILES string of the molecule is Cc1noc(C)c1-c1cnc(C2CCN(C(=O)c3cnccn3)CC2)cn1. The molecule has 3 aromatic rings. The number of amides is 1. The molecule has 138 valence electrons. The average Bonchev–Trinajstić information content (AvgIpc) is 3.06. The van der Waals surface area contributed by atoms with Crippen LogP contribution in [0.1, 0.15) is 46.4 Å². The van der Waals surface area contributed by atoms with Crippen LogP contribution < -0.4 is 0 Å². The molecule has 0 aliphatic carbocycles. The highest BCUT2D eigenvalue weighted by atomic mass is 16.5. The van der Waals surface area contributed by atoms with Crippen LogP contribution in [0.3, 0.4) is 0 Å². The van der Waals surface area contributed by atoms with Crippen LogP contribution in [0.15, 0.2) is 35.5 Å². The number of hydrogen-bond donors (Lipinski definition) is 0. The number of carbonyl (C=O) groups excluding carboxylic acids is 1. The fourth-order valence-electron chi connectivity index (χ4n) is 3.48. The third-order valence-corrected chi connectivity index (χ3v) is 4.94. The zero-order valence-electron chi connectivity index (χ0n) is 15.3. The molecule has 27 heavy (non-hydrogen) atoms. The van der Waals surface area contributed by atoms with E-state index in [1.54, 1.807) is 12.4 Å². The Morgan fingerprint density at radius 2 is 1.89 bits per heavy atom. The van der Waals surface area contributed by atoms with Crippen LogP contribution in [-0.2, 0) is 0 Å². The van der Waals surface area contributed by atoms with Crippen LogP contribution in [0.25, 0.3) is 11.3 Å². The highest BCUT2D eigenvalue weighted by molar-refractivity contribution is 5.92. The fourth-order valence-corrected chi connectivity index (χ4v) is 3.48. The minimum Gasteiger partial charge on any atom is -0.361 e. The maximum absolute atomic E-state index is 12.5. The van der Waals surface area contributed by atoms with E-state index in [9.17, 15) is 4.79 Å². The van der Waals surface area contributed by atoms with Gasteiger partial charge in [-0.05, 0) is 26.7 Å². The minimum atomic E-state index is -0.0682. The van der Waals surface area contributed by atoms with Crippen molar-refractivity contribution in [2.75, 3.05) is 13.1 Å². The predicted molar refractivity (Wildman–Crippen MR) is 96.9 cm³/mol. The van der Waals surface area contributed by atoms with Crippen molar-refractivity contribution in [3.8, 4) is 11.3 Å². The Morgan fingerprint density at radius 1 is 1.07 bits per heavy atom. The smallest absolute Gasteiger partial charge is 0.274 e. The summed E-state index contributed by atoms with van der Waals surface area (Å²) in [6.07, 6.45) is 9.92. The van der Waals surface area contributed by atoms with Gasteiger partial charge in [-0.1, -0.05) is 5.16 Å². The van der Waals surface area contributed by atoms with E-state index in [1.165, 1.54) is 12.4 Å². The second kappa shape index (κ2) is 7.22. The molecule has 1 aliphatic heterocycles. The highest BCUT2D eigenvalue weighted by Crippen LogP contribution is 2.29. The van der Waals surface area contributed by atoms with E-state index in [-0.39, 0.29) is 5.91 Å². The maximum Gasteiger partial charge on any atom is 0.274 e. The van der Waals surface area contributed by atoms with E-state index in [2.05, 4.69) is 25.1 Å². The van der Waals surface area contributed by atoms with Crippen molar-refractivity contribution < 1.29 is 9.32 Å². The van der Waals surface area contributed by atoms with Gasteiger partial charge in [0, 0.05) is 37.6 Å². The van der Waals surface area contributed by atoms with Gasteiger partial charge in [0.15, 0.2) is 0 Å². The van der Waals surface area contributed by atoms with Crippen molar-refractivity contribution in [1.29, 1.82) is 0 Å². The summed E-state index contributed by atoms with van der Waals surface area (Å²) in [6, 6.07) is 0. The normalized spacial score (nSPS) is 15.1. The van der Waals surface area contributed by atoms with Crippen molar-refractivity contribution in [2.24, 2.45) is 0 Å². The fraction of sp³-hybridized carbons (Fsp3) is 0.368. The predicted octanol–water partition coefficient (Wildman–Crippen LogP) is 2.56. The Balaban J connectivity index is 1.42. The van der Waals surface area contributed by atoms with Gasteiger partial charge < -0.3 is 9.42 Å². The molecule has 4 rings (SSSR count). The number of hydrogen-bond acceptors (Lipinski definition) is 7. The lowest BCUT2D eigenvalue weighted by Crippen LogP contribution is -2.38. The molecule has 8 heteroatoms. The molecule has 0 atom stereocenters. The summed E-state index contributed by atoms with van der Waals surface area (Å²) in [4.78, 5) is 31.5. The summed E-state index contributed by atoms with van der Waals surface area (Å²) in [5.41, 5.74) is 3.82. The number of piperidine rings is 1. The largest absolute Gasteiger partial charge is 0.361 e. The van der Waals surface area contributed by atoms with Gasteiger partial charge >= 0.3 is 0 Å². The number of likely N-dealkylation sites (tertiary alicyclic amines) is 1. The van der Waals surface area contributed by atoms with Gasteiger partial charge in [0.2, 0.25) is 0 Å². The van der Waals surface area contributed by atoms with Crippen LogP contribution in [0, 0.1) is 13.8 Å². The van der Waals surface area contributed by atoms with Crippen molar-refractivity contribution in [3.63, 3.8) is 0 Å². The molecule has 8 nitrogen and oxygen atoms in total. The molecule has 1 amide bonds. The van der Waals surface area contributed by atoms with Crippen molar-refractivity contribution in [2.45, 2.75) is 32.6 Å². The molecule has 0 bridgehead atoms. The third-order valence-electron chi connectivity index (χ3n) is 4.94. The monoisotopic (exact) mass is 364 g/mol. The molecule has 1 fully saturated rings. The molecule has 4 heterocycles. The van der Waals surface area contributed by atoms with Gasteiger partial charge in [-0.15, -0.1) is 0 Å². The van der Waals surface area contributed by atoms with E-state index in [0.29, 0.717) is 24.7 Å². The van der Waals surface area contributed by atoms with Gasteiger partial charge in [0.25, 0.3) is 5.91 Å². The third kappa shape index (κ3) is 3.42. The van der Waals surface area contributed by atoms with E-state index >= 15 is 0 Å². The lowest BCUT2D eigenvalue weighted by Gasteiger charge is -2.31. The maximum atomic E-state index is 12.5. The topological polar surface area (TPSA) is 97.9 Å². The van der Waals surface area contributed by atoms with E-state index in [4.69, 9.17) is 4.52 Å². The first-order chi connectivity index (χ1) is 13.1. The Hall–Kier alpha value is -3.16. The first-order valence-electron chi connectivity index (χ1n) is 8.94. The Labute approximate surface area is 156 Å². The van der Waals surface area contributed by atoms with Gasteiger partial charge in [0.1, 0.15) is 11.5 Å². The van der Waals surface area contributed by atoms with Gasteiger partial charge in [0.05, 0.1) is 35.0 Å². The van der Waals surface area contributed by atoms with Crippen molar-refractivity contribution in [3.05, 3.63) is 53.8 Å². The molecule has 0 unspecified atom stereocenters. The molecule has 0 spiro atoms. The second-order valence-electron chi connectivity index (χ2n) is 6.68. The number of carbonyl (C=O) groups is 1. The summed E-state index contributed by atoms with van der Waals surface area (Å²) in [5.74, 6) is 0.967. The van der Waals surface area contributed by atoms with Crippen LogP contribution in [-0.4, -0.2) is 49.0 Å². The van der Waals surface area contributed by atoms with Crippen LogP contribution in [0.4, 0.5) is 0 Å². The summed E-state index contributed by atoms with van der Waals surface area (Å²) in [6.45, 7) is 5.11. The number of aromatic nitrogens is 5. The molecular formula is C19H20N6O2. The second-order valence-corrected chi connectivity index (χ2v) is 6.68. The van der Waals surface area contributed by atoms with Crippen molar-refractivity contribution in [1.82, 2.24) is 30.0 Å². The average molecular weight is 364 g/mol. The number of aryl methyl sites for hydroxylation is 2. The Kier molecular flexibility index (Phi) is 4.62. The molecule has 1 saturated heterocycles. The summed E-state index contributed by atoms with van der Waals surface area (Å²) in [7, 11) is 0. The minimum absolute atomic E-state index is 0.0682. The molecule has 0 saturated carbocycles. The van der Waals surface area contributed by atoms with E-state index < -0.39 is 0 Å².